The second kappa shape index (κ2) is 7.82. The first kappa shape index (κ1) is 18.3. The molecule has 0 bridgehead atoms. The van der Waals surface area contributed by atoms with Gasteiger partial charge >= 0.3 is 0 Å². The fourth-order valence-corrected chi connectivity index (χ4v) is 2.65. The number of aromatic nitrogens is 2. The molecule has 0 saturated carbocycles. The normalized spacial score (nSPS) is 10.5. The number of ether oxygens (including phenoxy) is 1. The molecule has 0 spiro atoms. The predicted octanol–water partition coefficient (Wildman–Crippen LogP) is 3.19. The maximum Gasteiger partial charge on any atom is 0.280 e. The molecular weight excluding hydrogens is 349 g/mol. The Morgan fingerprint density at radius 3 is 2.56 bits per heavy atom. The number of amides is 1. The van der Waals surface area contributed by atoms with Gasteiger partial charge in [0.2, 0.25) is 0 Å². The van der Waals surface area contributed by atoms with Gasteiger partial charge in [0.25, 0.3) is 11.5 Å². The first-order valence-electron chi connectivity index (χ1n) is 8.37. The molecule has 0 atom stereocenters. The van der Waals surface area contributed by atoms with Gasteiger partial charge in [-0.2, -0.15) is 9.78 Å². The summed E-state index contributed by atoms with van der Waals surface area (Å²) in [4.78, 5) is 25.1. The summed E-state index contributed by atoms with van der Waals surface area (Å²) in [5.41, 5.74) is 1.42. The molecule has 3 rings (SSSR count). The van der Waals surface area contributed by atoms with Gasteiger partial charge in [0.05, 0.1) is 18.9 Å². The van der Waals surface area contributed by atoms with Crippen LogP contribution in [0.25, 0.3) is 5.69 Å². The summed E-state index contributed by atoms with van der Waals surface area (Å²) in [6, 6.07) is 13.8. The Bertz CT molecular complexity index is 1030. The van der Waals surface area contributed by atoms with E-state index in [1.165, 1.54) is 37.4 Å². The molecule has 0 fully saturated rings. The van der Waals surface area contributed by atoms with Crippen LogP contribution in [0.3, 0.4) is 0 Å². The van der Waals surface area contributed by atoms with Crippen molar-refractivity contribution in [2.75, 3.05) is 12.4 Å². The summed E-state index contributed by atoms with van der Waals surface area (Å²) in [7, 11) is 1.36. The zero-order valence-electron chi connectivity index (χ0n) is 14.9. The van der Waals surface area contributed by atoms with Gasteiger partial charge in [-0.3, -0.25) is 9.59 Å². The molecule has 1 N–H and O–H groups in total. The average molecular weight is 367 g/mol. The smallest absolute Gasteiger partial charge is 0.280 e. The highest BCUT2D eigenvalue weighted by Gasteiger charge is 2.19. The van der Waals surface area contributed by atoms with Gasteiger partial charge in [-0.05, 0) is 42.3 Å². The van der Waals surface area contributed by atoms with Crippen molar-refractivity contribution >= 4 is 11.6 Å². The molecule has 1 amide bonds. The van der Waals surface area contributed by atoms with Gasteiger partial charge in [-0.25, -0.2) is 4.39 Å². The molecule has 0 saturated heterocycles. The highest BCUT2D eigenvalue weighted by molar-refractivity contribution is 6.05. The summed E-state index contributed by atoms with van der Waals surface area (Å²) < 4.78 is 19.3. The van der Waals surface area contributed by atoms with Crippen molar-refractivity contribution < 1.29 is 13.9 Å². The minimum atomic E-state index is -0.511. The third kappa shape index (κ3) is 3.87. The summed E-state index contributed by atoms with van der Waals surface area (Å²) in [5, 5.41) is 6.94. The average Bonchev–Trinajstić information content (AvgIpc) is 2.68. The van der Waals surface area contributed by atoms with E-state index in [1.54, 1.807) is 6.07 Å². The Labute approximate surface area is 155 Å². The van der Waals surface area contributed by atoms with Gasteiger partial charge in [0, 0.05) is 5.69 Å². The molecule has 7 heteroatoms. The molecule has 0 aliphatic carbocycles. The summed E-state index contributed by atoms with van der Waals surface area (Å²) in [6.45, 7) is 1.98. The molecule has 3 aromatic rings. The molecule has 1 heterocycles. The molecule has 138 valence electrons. The number of rotatable bonds is 5. The molecule has 0 radical (unpaired) electrons. The number of para-hydroxylation sites is 1. The number of halogens is 1. The fraction of sp³-hybridized carbons (Fsp3) is 0.150. The fourth-order valence-electron chi connectivity index (χ4n) is 2.65. The van der Waals surface area contributed by atoms with Crippen LogP contribution in [0.1, 0.15) is 23.0 Å². The van der Waals surface area contributed by atoms with E-state index < -0.39 is 17.3 Å². The number of hydrogen-bond donors (Lipinski definition) is 1. The van der Waals surface area contributed by atoms with E-state index >= 15 is 0 Å². The molecule has 0 aliphatic heterocycles. The number of hydrogen-bond acceptors (Lipinski definition) is 4. The van der Waals surface area contributed by atoms with E-state index in [-0.39, 0.29) is 11.4 Å². The van der Waals surface area contributed by atoms with Crippen LogP contribution in [0.15, 0.2) is 59.4 Å². The first-order valence-corrected chi connectivity index (χ1v) is 8.37. The zero-order valence-corrected chi connectivity index (χ0v) is 14.9. The number of carbonyl (C=O) groups excluding carboxylic acids is 1. The Hall–Kier alpha value is -3.48. The number of aryl methyl sites for hydroxylation is 1. The van der Waals surface area contributed by atoms with Crippen molar-refractivity contribution in [1.29, 1.82) is 0 Å². The summed E-state index contributed by atoms with van der Waals surface area (Å²) >= 11 is 0. The van der Waals surface area contributed by atoms with Crippen LogP contribution in [-0.2, 0) is 6.42 Å². The topological polar surface area (TPSA) is 73.2 Å². The minimum Gasteiger partial charge on any atom is -0.494 e. The van der Waals surface area contributed by atoms with Gasteiger partial charge < -0.3 is 10.1 Å². The molecule has 1 aromatic heterocycles. The van der Waals surface area contributed by atoms with Crippen LogP contribution in [0.4, 0.5) is 10.1 Å². The van der Waals surface area contributed by atoms with Crippen LogP contribution < -0.4 is 15.6 Å². The van der Waals surface area contributed by atoms with Gasteiger partial charge in [-0.1, -0.05) is 25.1 Å². The van der Waals surface area contributed by atoms with Crippen molar-refractivity contribution in [3.8, 4) is 11.4 Å². The Balaban J connectivity index is 2.03. The lowest BCUT2D eigenvalue weighted by Gasteiger charge is -2.13. The van der Waals surface area contributed by atoms with Crippen LogP contribution >= 0.6 is 0 Å². The van der Waals surface area contributed by atoms with Gasteiger partial charge in [0.15, 0.2) is 11.4 Å². The van der Waals surface area contributed by atoms with E-state index in [0.717, 1.165) is 16.7 Å². The summed E-state index contributed by atoms with van der Waals surface area (Å²) in [5.74, 6) is -0.886. The predicted molar refractivity (Wildman–Crippen MR) is 100 cm³/mol. The zero-order chi connectivity index (χ0) is 19.4. The van der Waals surface area contributed by atoms with E-state index in [0.29, 0.717) is 11.4 Å². The molecule has 2 aromatic carbocycles. The van der Waals surface area contributed by atoms with E-state index in [9.17, 15) is 14.0 Å². The number of carbonyl (C=O) groups is 1. The second-order valence-corrected chi connectivity index (χ2v) is 5.75. The number of nitrogens with zero attached hydrogens (tertiary/aromatic N) is 2. The van der Waals surface area contributed by atoms with E-state index in [2.05, 4.69) is 10.4 Å². The SMILES string of the molecule is CCc1ccccc1NC(=O)c1nn(-c2ccc(F)cc2)c(=O)cc1OC. The van der Waals surface area contributed by atoms with Crippen molar-refractivity contribution in [3.05, 3.63) is 82.0 Å². The number of anilines is 1. The molecular formula is C20H18FN3O3. The Kier molecular flexibility index (Phi) is 5.30. The standard InChI is InChI=1S/C20H18FN3O3/c1-3-13-6-4-5-7-16(13)22-20(26)19-17(27-2)12-18(25)24(23-19)15-10-8-14(21)9-11-15/h4-12H,3H2,1-2H3,(H,22,26). The quantitative estimate of drug-likeness (QED) is 0.752. The Morgan fingerprint density at radius 1 is 1.19 bits per heavy atom. The van der Waals surface area contributed by atoms with Crippen LogP contribution in [0.5, 0.6) is 5.75 Å². The lowest BCUT2D eigenvalue weighted by atomic mass is 10.1. The third-order valence-corrected chi connectivity index (χ3v) is 4.05. The molecule has 0 unspecified atom stereocenters. The van der Waals surface area contributed by atoms with Gasteiger partial charge in [-0.15, -0.1) is 0 Å². The van der Waals surface area contributed by atoms with Crippen molar-refractivity contribution in [2.45, 2.75) is 13.3 Å². The molecule has 0 aliphatic rings. The van der Waals surface area contributed by atoms with Crippen LogP contribution in [0, 0.1) is 5.82 Å². The van der Waals surface area contributed by atoms with E-state index in [1.807, 2.05) is 25.1 Å². The monoisotopic (exact) mass is 367 g/mol. The number of nitrogens with one attached hydrogen (secondary N) is 1. The lowest BCUT2D eigenvalue weighted by Crippen LogP contribution is -2.26. The van der Waals surface area contributed by atoms with Crippen LogP contribution in [0.2, 0.25) is 0 Å². The van der Waals surface area contributed by atoms with Crippen molar-refractivity contribution in [3.63, 3.8) is 0 Å². The van der Waals surface area contributed by atoms with Crippen molar-refractivity contribution in [2.24, 2.45) is 0 Å². The van der Waals surface area contributed by atoms with Crippen LogP contribution in [-0.4, -0.2) is 22.8 Å². The maximum absolute atomic E-state index is 13.2. The highest BCUT2D eigenvalue weighted by atomic mass is 19.1. The molecule has 27 heavy (non-hydrogen) atoms. The van der Waals surface area contributed by atoms with E-state index in [4.69, 9.17) is 4.74 Å². The third-order valence-electron chi connectivity index (χ3n) is 4.05. The van der Waals surface area contributed by atoms with Crippen molar-refractivity contribution in [1.82, 2.24) is 9.78 Å². The lowest BCUT2D eigenvalue weighted by molar-refractivity contribution is 0.101. The highest BCUT2D eigenvalue weighted by Crippen LogP contribution is 2.20. The first-order chi connectivity index (χ1) is 13.0. The minimum absolute atomic E-state index is 0.0488. The number of benzene rings is 2. The maximum atomic E-state index is 13.2. The summed E-state index contributed by atoms with van der Waals surface area (Å²) in [6.07, 6.45) is 0.746. The van der Waals surface area contributed by atoms with Gasteiger partial charge in [0.1, 0.15) is 5.82 Å². The Morgan fingerprint density at radius 2 is 1.89 bits per heavy atom. The largest absolute Gasteiger partial charge is 0.494 e. The molecule has 6 nitrogen and oxygen atoms in total. The second-order valence-electron chi connectivity index (χ2n) is 5.75. The number of methoxy groups -OCH3 is 1.